The number of imidazole rings is 1. The summed E-state index contributed by atoms with van der Waals surface area (Å²) in [5.41, 5.74) is 6.38. The van der Waals surface area contributed by atoms with Gasteiger partial charge >= 0.3 is 6.03 Å². The number of anilines is 5. The monoisotopic (exact) mass is 1020 g/mol. The lowest BCUT2D eigenvalue weighted by atomic mass is 9.73. The lowest BCUT2D eigenvalue weighted by Gasteiger charge is -2.48. The molecule has 0 radical (unpaired) electrons. The number of pyridine rings is 1. The number of hydrogen-bond acceptors (Lipinski definition) is 10. The van der Waals surface area contributed by atoms with Crippen LogP contribution in [0.15, 0.2) is 79.1 Å². The molecule has 16 nitrogen and oxygen atoms in total. The molecule has 1 saturated carbocycles. The van der Waals surface area contributed by atoms with E-state index in [9.17, 15) is 19.2 Å². The molecular formula is C58H68FN11O5. The Kier molecular flexibility index (Phi) is 13.1. The molecule has 0 atom stereocenters. The Morgan fingerprint density at radius 2 is 1.41 bits per heavy atom. The van der Waals surface area contributed by atoms with Gasteiger partial charge in [0.05, 0.1) is 28.6 Å². The highest BCUT2D eigenvalue weighted by Crippen LogP contribution is 2.52. The first-order valence-corrected chi connectivity index (χ1v) is 27.6. The molecule has 0 unspecified atom stereocenters. The minimum absolute atomic E-state index is 0.0618. The van der Waals surface area contributed by atoms with Gasteiger partial charge in [-0.3, -0.25) is 29.4 Å². The summed E-state index contributed by atoms with van der Waals surface area (Å²) < 4.78 is 17.2. The van der Waals surface area contributed by atoms with Crippen LogP contribution in [0.25, 0.3) is 22.3 Å². The molecule has 8 heterocycles. The van der Waals surface area contributed by atoms with Crippen molar-refractivity contribution < 1.29 is 28.4 Å². The second kappa shape index (κ2) is 20.0. The normalized spacial score (nSPS) is 22.8. The van der Waals surface area contributed by atoms with Gasteiger partial charge in [0.1, 0.15) is 11.3 Å². The summed E-state index contributed by atoms with van der Waals surface area (Å²) in [6.07, 6.45) is 11.5. The van der Waals surface area contributed by atoms with E-state index in [1.54, 1.807) is 29.4 Å². The molecule has 6 aliphatic heterocycles. The van der Waals surface area contributed by atoms with Crippen LogP contribution in [0.5, 0.6) is 0 Å². The number of carbonyl (C=O) groups is 5. The number of rotatable bonds is 10. The Morgan fingerprint density at radius 1 is 0.747 bits per heavy atom. The van der Waals surface area contributed by atoms with Gasteiger partial charge in [-0.05, 0) is 145 Å². The first-order chi connectivity index (χ1) is 36.4. The van der Waals surface area contributed by atoms with Crippen molar-refractivity contribution in [1.29, 1.82) is 0 Å². The third kappa shape index (κ3) is 9.07. The van der Waals surface area contributed by atoms with Crippen LogP contribution < -0.4 is 25.3 Å². The Balaban J connectivity index is 0.712. The predicted octanol–water partition coefficient (Wildman–Crippen LogP) is 8.39. The molecule has 2 aromatic heterocycles. The van der Waals surface area contributed by atoms with Gasteiger partial charge in [-0.1, -0.05) is 30.7 Å². The van der Waals surface area contributed by atoms with E-state index in [-0.39, 0.29) is 59.8 Å². The predicted molar refractivity (Wildman–Crippen MR) is 286 cm³/mol. The van der Waals surface area contributed by atoms with Crippen LogP contribution in [0.1, 0.15) is 103 Å². The molecule has 3 aromatic carbocycles. The molecule has 17 heteroatoms. The number of piperidine rings is 4. The largest absolute Gasteiger partial charge is 0.371 e. The van der Waals surface area contributed by atoms with Gasteiger partial charge in [-0.15, -0.1) is 0 Å². The Hall–Kier alpha value is -6.88. The fourth-order valence-electron chi connectivity index (χ4n) is 13.3. The van der Waals surface area contributed by atoms with E-state index in [2.05, 4.69) is 57.4 Å². The number of halogens is 1. The Morgan fingerprint density at radius 3 is 2.09 bits per heavy atom. The van der Waals surface area contributed by atoms with Crippen molar-refractivity contribution in [3.05, 3.63) is 90.5 Å². The zero-order valence-electron chi connectivity index (χ0n) is 43.2. The first kappa shape index (κ1) is 49.0. The van der Waals surface area contributed by atoms with Gasteiger partial charge in [-0.25, -0.2) is 19.2 Å². The topological polar surface area (TPSA) is 160 Å². The molecule has 75 heavy (non-hydrogen) atoms. The molecule has 2 N–H and O–H groups in total. The van der Waals surface area contributed by atoms with E-state index >= 15 is 9.18 Å². The smallest absolute Gasteiger partial charge is 0.328 e. The van der Waals surface area contributed by atoms with E-state index in [1.807, 2.05) is 44.7 Å². The molecular weight excluding hydrogens is 950 g/mol. The van der Waals surface area contributed by atoms with Crippen LogP contribution in [-0.4, -0.2) is 130 Å². The number of aromatic nitrogens is 3. The van der Waals surface area contributed by atoms with Gasteiger partial charge in [0.15, 0.2) is 5.82 Å². The minimum Gasteiger partial charge on any atom is -0.371 e. The Labute approximate surface area is 437 Å². The van der Waals surface area contributed by atoms with Crippen molar-refractivity contribution in [3.63, 3.8) is 0 Å². The summed E-state index contributed by atoms with van der Waals surface area (Å²) in [6, 6.07) is 23.0. The fraction of sp³-hybridized carbons (Fsp3) is 0.500. The number of para-hydroxylation sites is 1. The van der Waals surface area contributed by atoms with Crippen molar-refractivity contribution in [2.45, 2.75) is 114 Å². The maximum Gasteiger partial charge on any atom is 0.328 e. The fourth-order valence-corrected chi connectivity index (χ4v) is 13.3. The van der Waals surface area contributed by atoms with Crippen LogP contribution in [0.4, 0.5) is 37.8 Å². The summed E-state index contributed by atoms with van der Waals surface area (Å²) >= 11 is 0. The van der Waals surface area contributed by atoms with Crippen molar-refractivity contribution in [2.24, 2.45) is 11.8 Å². The minimum atomic E-state index is -0.742. The average molecular weight is 1020 g/mol. The number of nitrogens with zero attached hydrogens (tertiary/aromatic N) is 9. The summed E-state index contributed by atoms with van der Waals surface area (Å²) in [5, 5.41) is 5.66. The number of fused-ring (bicyclic) bond motifs is 3. The maximum atomic E-state index is 15.3. The second-order valence-corrected chi connectivity index (χ2v) is 22.4. The van der Waals surface area contributed by atoms with E-state index in [0.717, 1.165) is 91.1 Å². The maximum absolute atomic E-state index is 15.3. The number of nitrogens with one attached hydrogen (secondary N) is 2. The number of urea groups is 1. The van der Waals surface area contributed by atoms with Gasteiger partial charge in [-0.2, -0.15) is 0 Å². The zero-order valence-corrected chi connectivity index (χ0v) is 43.2. The molecule has 392 valence electrons. The summed E-state index contributed by atoms with van der Waals surface area (Å²) in [7, 11) is 0. The SMILES string of the molecule is CC(C)n1cnc2cc(-c3ccc4c(c3)N([C@H]3C[C@@H](N5CCCCC5)C3)C(=O)C43CCN(C(=O)C4CCN(C(=O)C5CCN(c6ccc(N7CCC(=O)NC7=O)cc6)CC5)CC4)CC3)nc(Nc3ccccc3F)c21. The third-order valence-corrected chi connectivity index (χ3v) is 17.8. The van der Waals surface area contributed by atoms with Crippen LogP contribution in [0, 0.1) is 17.7 Å². The molecule has 7 aliphatic rings. The van der Waals surface area contributed by atoms with Crippen LogP contribution in [-0.2, 0) is 24.6 Å². The highest BCUT2D eigenvalue weighted by Gasteiger charge is 2.56. The average Bonchev–Trinajstić information content (AvgIpc) is 3.96. The van der Waals surface area contributed by atoms with Crippen LogP contribution in [0.3, 0.4) is 0 Å². The highest BCUT2D eigenvalue weighted by atomic mass is 19.1. The standard InChI is InChI=1S/C58H68FN11O5/c1-37(2)69-36-60-49-35-48(62-53(52(49)69)61-47-9-5-4-8-46(47)59)40-10-15-45-50(32-40)70(44-33-43(34-44)64-23-6-3-7-24-64)56(74)58(45)21-30-67(31-22-58)55(73)39-18-27-66(28-19-39)54(72)38-16-25-65(26-17-38)41-11-13-42(14-12-41)68-29-20-51(71)63-57(68)75/h4-5,8-15,32,35-39,43-44H,3,6-7,16-31,33-34H2,1-2H3,(H,61,62)(H,63,71,75)/t43-,44+. The van der Waals surface area contributed by atoms with Crippen LogP contribution in [0.2, 0.25) is 0 Å². The van der Waals surface area contributed by atoms with Gasteiger partial charge < -0.3 is 34.4 Å². The van der Waals surface area contributed by atoms with E-state index in [0.29, 0.717) is 81.6 Å². The van der Waals surface area contributed by atoms with Crippen molar-refractivity contribution in [1.82, 2.24) is 34.6 Å². The molecule has 1 aliphatic carbocycles. The number of likely N-dealkylation sites (tertiary alicyclic amines) is 3. The number of hydrogen-bond donors (Lipinski definition) is 2. The summed E-state index contributed by atoms with van der Waals surface area (Å²) in [6.45, 7) is 10.4. The number of amides is 6. The van der Waals surface area contributed by atoms with Gasteiger partial charge in [0.25, 0.3) is 0 Å². The molecule has 1 spiro atoms. The molecule has 12 rings (SSSR count). The number of carbonyl (C=O) groups excluding carboxylic acids is 5. The lowest BCUT2D eigenvalue weighted by Crippen LogP contribution is -2.58. The number of benzene rings is 3. The Bertz CT molecular complexity index is 3010. The molecule has 6 fully saturated rings. The van der Waals surface area contributed by atoms with Crippen molar-refractivity contribution in [2.75, 3.05) is 78.9 Å². The van der Waals surface area contributed by atoms with Gasteiger partial charge in [0, 0.05) is 105 Å². The summed E-state index contributed by atoms with van der Waals surface area (Å²) in [5.74, 6) is 0.104. The number of imide groups is 1. The highest BCUT2D eigenvalue weighted by molar-refractivity contribution is 6.10. The lowest BCUT2D eigenvalue weighted by molar-refractivity contribution is -0.144. The van der Waals surface area contributed by atoms with E-state index < -0.39 is 11.4 Å². The van der Waals surface area contributed by atoms with Crippen LogP contribution >= 0.6 is 0 Å². The molecule has 5 aromatic rings. The quantitative estimate of drug-likeness (QED) is 0.139. The van der Waals surface area contributed by atoms with E-state index in [4.69, 9.17) is 9.97 Å². The first-order valence-electron chi connectivity index (χ1n) is 27.6. The second-order valence-electron chi connectivity index (χ2n) is 22.4. The molecule has 5 saturated heterocycles. The van der Waals surface area contributed by atoms with E-state index in [1.165, 1.54) is 25.3 Å². The summed E-state index contributed by atoms with van der Waals surface area (Å²) in [4.78, 5) is 89.9. The third-order valence-electron chi connectivity index (χ3n) is 17.8. The molecule has 0 bridgehead atoms. The molecule has 6 amide bonds. The zero-order chi connectivity index (χ0) is 51.5. The van der Waals surface area contributed by atoms with Crippen molar-refractivity contribution in [3.8, 4) is 11.3 Å². The van der Waals surface area contributed by atoms with Crippen molar-refractivity contribution >= 4 is 69.3 Å². The van der Waals surface area contributed by atoms with Gasteiger partial charge in [0.2, 0.25) is 23.6 Å².